The minimum Gasteiger partial charge on any atom is -0.509 e. The molecule has 214 valence electrons. The second kappa shape index (κ2) is 11.7. The third-order valence-electron chi connectivity index (χ3n) is 7.65. The van der Waals surface area contributed by atoms with Crippen molar-refractivity contribution in [2.45, 2.75) is 34.0 Å². The molecule has 4 aromatic carbocycles. The molecule has 0 aliphatic heterocycles. The summed E-state index contributed by atoms with van der Waals surface area (Å²) in [7, 11) is 0. The molecule has 3 heterocycles. The fourth-order valence-corrected chi connectivity index (χ4v) is 5.66. The Labute approximate surface area is 270 Å². The molecule has 0 aliphatic carbocycles. The Kier molecular flexibility index (Phi) is 6.80. The number of fused-ring (bicyclic) bond motifs is 3. The molecule has 0 N–H and O–H groups in total. The summed E-state index contributed by atoms with van der Waals surface area (Å²) in [6, 6.07) is 35.9. The molecule has 0 aliphatic rings. The van der Waals surface area contributed by atoms with Gasteiger partial charge in [-0.15, -0.1) is 35.7 Å². The first-order chi connectivity index (χ1) is 21.7. The number of hydrogen-bond donors (Lipinski definition) is 0. The van der Waals surface area contributed by atoms with Crippen LogP contribution >= 0.6 is 0 Å². The molecule has 7 rings (SSSR count). The van der Waals surface area contributed by atoms with Crippen molar-refractivity contribution in [1.82, 2.24) is 19.3 Å². The summed E-state index contributed by atoms with van der Waals surface area (Å²) in [6.45, 7) is 3.96. The molecule has 0 atom stereocenters. The average molecular weight is 745 g/mol. The van der Waals surface area contributed by atoms with Crippen LogP contribution < -0.4 is 4.74 Å². The standard InChI is InChI=1S/C37H30N4O.Pt/c1-5-27-18-19-38-36(21-27)40-34-17-14-24(2)20-33(34)32-16-15-31(23-35(32)40)42-30-13-9-12-29(22-30)41-26(4)37(25(3)39-41)28-10-7-6-8-11-28;/h6-21H,5H2,1-4H3;/q-2;+2/i2D3;. The summed E-state index contributed by atoms with van der Waals surface area (Å²) in [5, 5.41) is 6.50. The Morgan fingerprint density at radius 3 is 2.51 bits per heavy atom. The van der Waals surface area contributed by atoms with E-state index in [9.17, 15) is 0 Å². The van der Waals surface area contributed by atoms with E-state index in [-0.39, 0.29) is 26.6 Å². The van der Waals surface area contributed by atoms with E-state index < -0.39 is 6.85 Å². The van der Waals surface area contributed by atoms with Gasteiger partial charge in [0.2, 0.25) is 0 Å². The van der Waals surface area contributed by atoms with Gasteiger partial charge in [0.15, 0.2) is 0 Å². The second-order valence-electron chi connectivity index (χ2n) is 10.4. The molecule has 0 fully saturated rings. The van der Waals surface area contributed by atoms with E-state index in [1.54, 1.807) is 18.3 Å². The van der Waals surface area contributed by atoms with Crippen molar-refractivity contribution in [2.75, 3.05) is 0 Å². The zero-order valence-corrected chi connectivity index (χ0v) is 26.2. The Morgan fingerprint density at radius 2 is 1.70 bits per heavy atom. The largest absolute Gasteiger partial charge is 2.00 e. The van der Waals surface area contributed by atoms with E-state index in [2.05, 4.69) is 43.1 Å². The van der Waals surface area contributed by atoms with Gasteiger partial charge in [-0.1, -0.05) is 60.5 Å². The van der Waals surface area contributed by atoms with Gasteiger partial charge in [-0.05, 0) is 67.5 Å². The first-order valence-electron chi connectivity index (χ1n) is 15.5. The number of hydrogen-bond acceptors (Lipinski definition) is 3. The van der Waals surface area contributed by atoms with Gasteiger partial charge in [0.05, 0.1) is 5.69 Å². The summed E-state index contributed by atoms with van der Waals surface area (Å²) in [5.41, 5.74) is 7.97. The van der Waals surface area contributed by atoms with Gasteiger partial charge in [0.25, 0.3) is 0 Å². The first-order valence-corrected chi connectivity index (χ1v) is 14.0. The number of aryl methyl sites for hydroxylation is 3. The molecular formula is C37H30N4OPt. The fourth-order valence-electron chi connectivity index (χ4n) is 5.66. The van der Waals surface area contributed by atoms with Gasteiger partial charge in [-0.25, -0.2) is 4.98 Å². The topological polar surface area (TPSA) is 44.9 Å². The van der Waals surface area contributed by atoms with Gasteiger partial charge in [-0.3, -0.25) is 4.68 Å². The summed E-state index contributed by atoms with van der Waals surface area (Å²) in [5.74, 6) is 1.76. The number of aromatic nitrogens is 4. The van der Waals surface area contributed by atoms with Gasteiger partial charge in [-0.2, -0.15) is 17.2 Å². The van der Waals surface area contributed by atoms with E-state index in [1.165, 1.54) is 0 Å². The van der Waals surface area contributed by atoms with E-state index in [4.69, 9.17) is 13.9 Å². The number of nitrogens with zero attached hydrogens (tertiary/aromatic N) is 4. The number of rotatable bonds is 6. The van der Waals surface area contributed by atoms with Crippen LogP contribution in [0.5, 0.6) is 11.5 Å². The minimum absolute atomic E-state index is 0. The maximum atomic E-state index is 7.97. The molecule has 3 aromatic heterocycles. The van der Waals surface area contributed by atoms with E-state index in [1.807, 2.05) is 82.9 Å². The molecule has 0 radical (unpaired) electrons. The molecule has 0 amide bonds. The van der Waals surface area contributed by atoms with Crippen molar-refractivity contribution in [3.05, 3.63) is 132 Å². The van der Waals surface area contributed by atoms with Crippen molar-refractivity contribution in [2.24, 2.45) is 0 Å². The third kappa shape index (κ3) is 5.19. The van der Waals surface area contributed by atoms with Gasteiger partial charge in [0, 0.05) is 38.6 Å². The molecule has 0 spiro atoms. The Hall–Kier alpha value is -4.47. The third-order valence-corrected chi connectivity index (χ3v) is 7.65. The van der Waals surface area contributed by atoms with Crippen molar-refractivity contribution in [3.63, 3.8) is 0 Å². The normalized spacial score (nSPS) is 12.5. The van der Waals surface area contributed by atoms with Gasteiger partial charge in [0.1, 0.15) is 5.82 Å². The molecule has 0 bridgehead atoms. The van der Waals surface area contributed by atoms with E-state index in [0.717, 1.165) is 67.8 Å². The van der Waals surface area contributed by atoms with Gasteiger partial charge >= 0.3 is 21.1 Å². The maximum Gasteiger partial charge on any atom is 2.00 e. The van der Waals surface area contributed by atoms with Crippen LogP contribution in [0.25, 0.3) is 44.4 Å². The van der Waals surface area contributed by atoms with Crippen molar-refractivity contribution >= 4 is 21.8 Å². The summed E-state index contributed by atoms with van der Waals surface area (Å²) >= 11 is 0. The maximum absolute atomic E-state index is 7.97. The monoisotopic (exact) mass is 744 g/mol. The van der Waals surface area contributed by atoms with Crippen LogP contribution in [0.15, 0.2) is 97.2 Å². The molecule has 7 aromatic rings. The molecule has 0 unspecified atom stereocenters. The van der Waals surface area contributed by atoms with Crippen LogP contribution in [-0.4, -0.2) is 19.3 Å². The first kappa shape index (κ1) is 25.1. The smallest absolute Gasteiger partial charge is 0.509 e. The van der Waals surface area contributed by atoms with Crippen LogP contribution in [-0.2, 0) is 27.5 Å². The SMILES string of the molecule is [2H]C([2H])([2H])c1ccc2c(c1)c1ccc(Oc3[c-]c(-n4nc(C)c(-c5ccccc5)c4C)ccc3)[c-]c1n2-c1cc(CC)ccn1.[Pt+2]. The van der Waals surface area contributed by atoms with Gasteiger partial charge < -0.3 is 9.30 Å². The fraction of sp³-hybridized carbons (Fsp3) is 0.135. The Balaban J connectivity index is 0.00000372. The number of pyridine rings is 1. The van der Waals surface area contributed by atoms with Crippen molar-refractivity contribution in [1.29, 1.82) is 0 Å². The van der Waals surface area contributed by atoms with Crippen LogP contribution in [0.3, 0.4) is 0 Å². The van der Waals surface area contributed by atoms with Crippen molar-refractivity contribution < 1.29 is 29.9 Å². The molecule has 43 heavy (non-hydrogen) atoms. The number of ether oxygens (including phenoxy) is 1. The average Bonchev–Trinajstić information content (AvgIpc) is 3.53. The molecule has 5 nitrogen and oxygen atoms in total. The molecule has 0 saturated carbocycles. The molecule has 6 heteroatoms. The predicted octanol–water partition coefficient (Wildman–Crippen LogP) is 8.91. The summed E-state index contributed by atoms with van der Waals surface area (Å²) in [6.07, 6.45) is 2.66. The predicted molar refractivity (Wildman–Crippen MR) is 169 cm³/mol. The van der Waals surface area contributed by atoms with E-state index in [0.29, 0.717) is 11.5 Å². The Bertz CT molecular complexity index is 2200. The van der Waals surface area contributed by atoms with Crippen LogP contribution in [0, 0.1) is 32.8 Å². The quantitative estimate of drug-likeness (QED) is 0.160. The van der Waals surface area contributed by atoms with Crippen LogP contribution in [0.1, 0.15) is 33.6 Å². The summed E-state index contributed by atoms with van der Waals surface area (Å²) < 4.78 is 34.1. The van der Waals surface area contributed by atoms with Crippen LogP contribution in [0.2, 0.25) is 0 Å². The molecule has 0 saturated heterocycles. The van der Waals surface area contributed by atoms with E-state index >= 15 is 0 Å². The minimum atomic E-state index is -2.22. The Morgan fingerprint density at radius 1 is 0.860 bits per heavy atom. The number of benzene rings is 4. The van der Waals surface area contributed by atoms with Crippen molar-refractivity contribution in [3.8, 4) is 34.1 Å². The summed E-state index contributed by atoms with van der Waals surface area (Å²) in [4.78, 5) is 4.67. The molecular weight excluding hydrogens is 712 g/mol. The second-order valence-corrected chi connectivity index (χ2v) is 10.4. The van der Waals surface area contributed by atoms with Crippen LogP contribution in [0.4, 0.5) is 0 Å². The zero-order valence-electron chi connectivity index (χ0n) is 27.0. The zero-order chi connectivity index (χ0) is 31.3.